The van der Waals surface area contributed by atoms with E-state index in [1.807, 2.05) is 43.3 Å². The van der Waals surface area contributed by atoms with Crippen molar-refractivity contribution in [1.82, 2.24) is 0 Å². The fourth-order valence-corrected chi connectivity index (χ4v) is 3.39. The van der Waals surface area contributed by atoms with Crippen LogP contribution in [0.3, 0.4) is 0 Å². The Kier molecular flexibility index (Phi) is 6.17. The van der Waals surface area contributed by atoms with Crippen LogP contribution in [-0.2, 0) is 4.79 Å². The summed E-state index contributed by atoms with van der Waals surface area (Å²) in [6.45, 7) is 2.48. The topological polar surface area (TPSA) is 94.3 Å². The molecular formula is C25H21N3O5. The summed E-state index contributed by atoms with van der Waals surface area (Å²) in [6.07, 6.45) is 1.77. The molecule has 0 aromatic heterocycles. The van der Waals surface area contributed by atoms with Gasteiger partial charge in [0, 0.05) is 17.7 Å². The number of hydrazone groups is 1. The predicted octanol–water partition coefficient (Wildman–Crippen LogP) is 4.84. The molecule has 1 aliphatic rings. The first-order chi connectivity index (χ1) is 16.0. The number of amides is 1. The van der Waals surface area contributed by atoms with Crippen molar-refractivity contribution in [3.05, 3.63) is 99.6 Å². The third-order valence-corrected chi connectivity index (χ3v) is 5.05. The number of hydrogen-bond donors (Lipinski definition) is 0. The van der Waals surface area contributed by atoms with Gasteiger partial charge < -0.3 is 9.47 Å². The molecule has 33 heavy (non-hydrogen) atoms. The Bertz CT molecular complexity index is 1230. The number of methoxy groups -OCH3 is 1. The third kappa shape index (κ3) is 4.59. The number of rotatable bonds is 7. The van der Waals surface area contributed by atoms with Crippen LogP contribution in [0.25, 0.3) is 6.08 Å². The summed E-state index contributed by atoms with van der Waals surface area (Å²) in [4.78, 5) is 23.9. The maximum Gasteiger partial charge on any atom is 0.281 e. The first-order valence-corrected chi connectivity index (χ1v) is 10.3. The Labute approximate surface area is 190 Å². The van der Waals surface area contributed by atoms with E-state index in [-0.39, 0.29) is 11.6 Å². The molecule has 3 aromatic rings. The quantitative estimate of drug-likeness (QED) is 0.296. The van der Waals surface area contributed by atoms with Gasteiger partial charge in [-0.25, -0.2) is 0 Å². The number of carbonyl (C=O) groups is 1. The smallest absolute Gasteiger partial charge is 0.281 e. The number of carbonyl (C=O) groups excluding carboxylic acids is 1. The van der Waals surface area contributed by atoms with E-state index in [9.17, 15) is 14.9 Å². The molecule has 0 atom stereocenters. The van der Waals surface area contributed by atoms with Crippen LogP contribution in [0.2, 0.25) is 0 Å². The highest BCUT2D eigenvalue weighted by molar-refractivity contribution is 6.37. The molecule has 0 bridgehead atoms. The van der Waals surface area contributed by atoms with E-state index in [0.29, 0.717) is 29.3 Å². The molecule has 3 aromatic carbocycles. The number of hydrogen-bond acceptors (Lipinski definition) is 6. The van der Waals surface area contributed by atoms with Crippen LogP contribution in [0.15, 0.2) is 83.5 Å². The summed E-state index contributed by atoms with van der Waals surface area (Å²) in [6, 6.07) is 20.4. The molecule has 1 heterocycles. The second kappa shape index (κ2) is 9.35. The lowest BCUT2D eigenvalue weighted by Gasteiger charge is -2.11. The zero-order valence-corrected chi connectivity index (χ0v) is 18.1. The van der Waals surface area contributed by atoms with Gasteiger partial charge in [0.2, 0.25) is 0 Å². The number of nitro groups is 1. The van der Waals surface area contributed by atoms with Gasteiger partial charge in [-0.3, -0.25) is 14.9 Å². The highest BCUT2D eigenvalue weighted by Gasteiger charge is 2.32. The summed E-state index contributed by atoms with van der Waals surface area (Å²) in [5, 5.41) is 16.8. The number of benzene rings is 3. The van der Waals surface area contributed by atoms with E-state index in [2.05, 4.69) is 5.10 Å². The molecule has 0 aliphatic carbocycles. The van der Waals surface area contributed by atoms with E-state index in [4.69, 9.17) is 9.47 Å². The van der Waals surface area contributed by atoms with Gasteiger partial charge in [0.25, 0.3) is 11.6 Å². The largest absolute Gasteiger partial charge is 0.497 e. The number of nitrogens with zero attached hydrogens (tertiary/aromatic N) is 3. The molecule has 166 valence electrons. The Hall–Kier alpha value is -4.46. The van der Waals surface area contributed by atoms with Crippen LogP contribution in [0.1, 0.15) is 18.1 Å². The van der Waals surface area contributed by atoms with Crippen molar-refractivity contribution in [3.63, 3.8) is 0 Å². The SMILES string of the molecule is CCOc1ccc(C=C2C(=O)N(c3ccc([N+](=O)[O-])cc3)N=C2c2ccc(OC)cc2)cc1. The van der Waals surface area contributed by atoms with E-state index in [1.54, 1.807) is 25.3 Å². The number of anilines is 1. The first kappa shape index (κ1) is 21.8. The van der Waals surface area contributed by atoms with Crippen molar-refractivity contribution in [2.75, 3.05) is 18.7 Å². The fourth-order valence-electron chi connectivity index (χ4n) is 3.39. The molecule has 0 N–H and O–H groups in total. The third-order valence-electron chi connectivity index (χ3n) is 5.05. The lowest BCUT2D eigenvalue weighted by atomic mass is 10.00. The molecule has 1 amide bonds. The molecule has 0 spiro atoms. The van der Waals surface area contributed by atoms with Gasteiger partial charge >= 0.3 is 0 Å². The normalized spacial score (nSPS) is 14.4. The minimum Gasteiger partial charge on any atom is -0.497 e. The maximum absolute atomic E-state index is 13.4. The van der Waals surface area contributed by atoms with E-state index >= 15 is 0 Å². The lowest BCUT2D eigenvalue weighted by Crippen LogP contribution is -2.21. The van der Waals surface area contributed by atoms with Gasteiger partial charge in [-0.2, -0.15) is 10.1 Å². The van der Waals surface area contributed by atoms with Crippen LogP contribution in [0.5, 0.6) is 11.5 Å². The summed E-state index contributed by atoms with van der Waals surface area (Å²) < 4.78 is 10.7. The van der Waals surface area contributed by atoms with Gasteiger partial charge in [0.05, 0.1) is 29.9 Å². The minimum atomic E-state index is -0.487. The molecule has 0 unspecified atom stereocenters. The van der Waals surface area contributed by atoms with Crippen LogP contribution < -0.4 is 14.5 Å². The van der Waals surface area contributed by atoms with Crippen LogP contribution in [0.4, 0.5) is 11.4 Å². The van der Waals surface area contributed by atoms with E-state index in [1.165, 1.54) is 29.3 Å². The number of non-ortho nitro benzene ring substituents is 1. The molecule has 0 saturated carbocycles. The molecule has 0 fully saturated rings. The van der Waals surface area contributed by atoms with Gasteiger partial charge in [-0.1, -0.05) is 12.1 Å². The predicted molar refractivity (Wildman–Crippen MR) is 126 cm³/mol. The molecule has 8 heteroatoms. The van der Waals surface area contributed by atoms with Crippen LogP contribution in [-0.4, -0.2) is 30.3 Å². The van der Waals surface area contributed by atoms with Gasteiger partial charge in [0.1, 0.15) is 17.2 Å². The van der Waals surface area contributed by atoms with Crippen LogP contribution in [0, 0.1) is 10.1 Å². The van der Waals surface area contributed by atoms with Gasteiger partial charge in [-0.15, -0.1) is 0 Å². The summed E-state index contributed by atoms with van der Waals surface area (Å²) >= 11 is 0. The van der Waals surface area contributed by atoms with Crippen molar-refractivity contribution in [2.45, 2.75) is 6.92 Å². The first-order valence-electron chi connectivity index (χ1n) is 10.3. The van der Waals surface area contributed by atoms with Gasteiger partial charge in [-0.05, 0) is 67.1 Å². The zero-order valence-electron chi connectivity index (χ0n) is 18.1. The van der Waals surface area contributed by atoms with Crippen molar-refractivity contribution in [2.24, 2.45) is 5.10 Å². The standard InChI is InChI=1S/C25H21N3O5/c1-3-33-22-12-4-17(5-13-22)16-23-24(18-6-14-21(32-2)15-7-18)26-27(25(23)29)19-8-10-20(11-9-19)28(30)31/h4-16H,3H2,1-2H3. The van der Waals surface area contributed by atoms with Crippen molar-refractivity contribution in [3.8, 4) is 11.5 Å². The number of ether oxygens (including phenoxy) is 2. The Balaban J connectivity index is 1.75. The molecule has 0 radical (unpaired) electrons. The fraction of sp³-hybridized carbons (Fsp3) is 0.120. The molecule has 4 rings (SSSR count). The average molecular weight is 443 g/mol. The Morgan fingerprint density at radius 2 is 1.61 bits per heavy atom. The maximum atomic E-state index is 13.4. The van der Waals surface area contributed by atoms with E-state index < -0.39 is 4.92 Å². The van der Waals surface area contributed by atoms with Crippen molar-refractivity contribution in [1.29, 1.82) is 0 Å². The highest BCUT2D eigenvalue weighted by Crippen LogP contribution is 2.30. The Morgan fingerprint density at radius 3 is 2.18 bits per heavy atom. The second-order valence-electron chi connectivity index (χ2n) is 7.13. The zero-order chi connectivity index (χ0) is 23.4. The van der Waals surface area contributed by atoms with Crippen molar-refractivity contribution >= 4 is 29.1 Å². The molecule has 8 nitrogen and oxygen atoms in total. The average Bonchev–Trinajstić information content (AvgIpc) is 3.16. The van der Waals surface area contributed by atoms with E-state index in [0.717, 1.165) is 16.9 Å². The molecular weight excluding hydrogens is 422 g/mol. The molecule has 0 saturated heterocycles. The second-order valence-corrected chi connectivity index (χ2v) is 7.13. The lowest BCUT2D eigenvalue weighted by molar-refractivity contribution is -0.384. The number of nitro benzene ring substituents is 1. The monoisotopic (exact) mass is 443 g/mol. The molecule has 1 aliphatic heterocycles. The minimum absolute atomic E-state index is 0.0603. The van der Waals surface area contributed by atoms with Crippen LogP contribution >= 0.6 is 0 Å². The summed E-state index contributed by atoms with van der Waals surface area (Å²) in [5.74, 6) is 1.10. The van der Waals surface area contributed by atoms with Crippen molar-refractivity contribution < 1.29 is 19.2 Å². The highest BCUT2D eigenvalue weighted by atomic mass is 16.6. The summed E-state index contributed by atoms with van der Waals surface area (Å²) in [5.41, 5.74) is 2.83. The summed E-state index contributed by atoms with van der Waals surface area (Å²) in [7, 11) is 1.58. The van der Waals surface area contributed by atoms with Gasteiger partial charge in [0.15, 0.2) is 0 Å². The Morgan fingerprint density at radius 1 is 0.970 bits per heavy atom.